The molecule has 0 radical (unpaired) electrons. The summed E-state index contributed by atoms with van der Waals surface area (Å²) >= 11 is 8.44. The van der Waals surface area contributed by atoms with Crippen LogP contribution < -0.4 is 41.4 Å². The van der Waals surface area contributed by atoms with Crippen molar-refractivity contribution in [3.63, 3.8) is 0 Å². The van der Waals surface area contributed by atoms with Crippen LogP contribution in [0.1, 0.15) is 39.8 Å². The van der Waals surface area contributed by atoms with Crippen LogP contribution in [0.4, 0.5) is 32.2 Å². The molecule has 6 heterocycles. The number of thiazole rings is 2. The zero-order valence-corrected chi connectivity index (χ0v) is 40.2. The molecular formula is C43H42ClF6N9O10S2. The number of aliphatic hydroxyl groups excluding tert-OH is 2. The summed E-state index contributed by atoms with van der Waals surface area (Å²) in [7, 11) is 2.88. The number of halogens is 7. The molecule has 8 rings (SSSR count). The number of alkyl halides is 7. The first-order chi connectivity index (χ1) is 33.6. The molecule has 0 bridgehead atoms. The molecule has 71 heavy (non-hydrogen) atoms. The molecule has 0 saturated heterocycles. The number of hydrogen-bond donors (Lipinski definition) is 2. The molecule has 0 spiro atoms. The predicted molar refractivity (Wildman–Crippen MR) is 249 cm³/mol. The molecule has 380 valence electrons. The van der Waals surface area contributed by atoms with Crippen molar-refractivity contribution in [2.24, 2.45) is 19.1 Å². The number of ether oxygens (including phenoxy) is 4. The van der Waals surface area contributed by atoms with Crippen LogP contribution in [0, 0.1) is 13.8 Å². The quantitative estimate of drug-likeness (QED) is 0.0883. The minimum atomic E-state index is -4.88. The van der Waals surface area contributed by atoms with Gasteiger partial charge in [0.2, 0.25) is 5.90 Å². The van der Waals surface area contributed by atoms with Gasteiger partial charge in [0, 0.05) is 74.7 Å². The Kier molecular flexibility index (Phi) is 17.3. The van der Waals surface area contributed by atoms with E-state index in [1.54, 1.807) is 18.3 Å². The lowest BCUT2D eigenvalue weighted by Crippen LogP contribution is -2.40. The SMILES string of the molecule is Cc1csc(CCl)n1.Cc1csc(Cn2c(Oc3cccc(OC(F)(F)F)c3)nc3c2c(=O)n(CCCO)c(=O)n3C)n1.Cn1c2c(c(=O)n(CCCO)c1=O)CC(Oc1cccc(OC(F)(F)F)c1)=N2. The van der Waals surface area contributed by atoms with Crippen LogP contribution in [0.25, 0.3) is 11.2 Å². The van der Waals surface area contributed by atoms with Gasteiger partial charge in [-0.15, -0.1) is 60.6 Å². The lowest BCUT2D eigenvalue weighted by atomic mass is 10.2. The Balaban J connectivity index is 0.000000204. The summed E-state index contributed by atoms with van der Waals surface area (Å²) in [5.74, 6) is -0.201. The topological polar surface area (TPSA) is 221 Å². The Labute approximate surface area is 409 Å². The maximum absolute atomic E-state index is 13.3. The van der Waals surface area contributed by atoms with Gasteiger partial charge in [0.15, 0.2) is 11.2 Å². The highest BCUT2D eigenvalue weighted by molar-refractivity contribution is 7.10. The summed E-state index contributed by atoms with van der Waals surface area (Å²) in [6.07, 6.45) is -9.31. The van der Waals surface area contributed by atoms with Crippen LogP contribution in [-0.4, -0.2) is 79.8 Å². The molecule has 0 aliphatic carbocycles. The van der Waals surface area contributed by atoms with Crippen LogP contribution in [0.5, 0.6) is 29.0 Å². The highest BCUT2D eigenvalue weighted by Gasteiger charge is 2.33. The smallest absolute Gasteiger partial charge is 0.442 e. The van der Waals surface area contributed by atoms with Gasteiger partial charge in [-0.1, -0.05) is 12.1 Å². The summed E-state index contributed by atoms with van der Waals surface area (Å²) in [6, 6.07) is 9.62. The number of aliphatic hydroxyl groups is 2. The van der Waals surface area contributed by atoms with E-state index in [0.29, 0.717) is 10.9 Å². The van der Waals surface area contributed by atoms with Gasteiger partial charge < -0.3 is 29.2 Å². The maximum atomic E-state index is 13.3. The Morgan fingerprint density at radius 3 is 1.69 bits per heavy atom. The lowest BCUT2D eigenvalue weighted by molar-refractivity contribution is -0.275. The Morgan fingerprint density at radius 1 is 0.690 bits per heavy atom. The third kappa shape index (κ3) is 13.7. The van der Waals surface area contributed by atoms with E-state index < -0.39 is 46.7 Å². The van der Waals surface area contributed by atoms with Crippen molar-refractivity contribution in [2.75, 3.05) is 13.2 Å². The summed E-state index contributed by atoms with van der Waals surface area (Å²) < 4.78 is 99.7. The second-order valence-corrected chi connectivity index (χ2v) is 17.2. The summed E-state index contributed by atoms with van der Waals surface area (Å²) in [5, 5.41) is 23.5. The number of nitrogens with zero attached hydrogens (tertiary/aromatic N) is 9. The first kappa shape index (κ1) is 53.5. The van der Waals surface area contributed by atoms with Gasteiger partial charge in [-0.3, -0.25) is 32.4 Å². The van der Waals surface area contributed by atoms with Crippen LogP contribution in [-0.2, 0) is 46.0 Å². The van der Waals surface area contributed by atoms with Crippen molar-refractivity contribution in [2.45, 2.75) is 71.3 Å². The standard InChI is InChI=1S/C21H20F3N5O5S.C17H16F3N3O5.C5H6ClNS/c1-12-11-35-15(25-12)10-29-16-17(27(2)20(32)28(18(16)31)7-4-8-30)26-19(29)33-13-5-3-6-14(9-13)34-21(22,23)24;1-22-14-12(15(25)23(16(22)26)6-3-7-24)9-13(21-14)27-10-4-2-5-11(8-10)28-17(18,19)20;1-4-3-8-5(2-6)7-4/h3,5-6,9,11,30H,4,7-8,10H2,1-2H3;2,4-5,8,24H,3,6-7,9H2,1H3;3H,2H2,1H3. The first-order valence-electron chi connectivity index (χ1n) is 20.9. The third-order valence-electron chi connectivity index (χ3n) is 9.71. The number of fused-ring (bicyclic) bond motifs is 2. The highest BCUT2D eigenvalue weighted by Crippen LogP contribution is 2.31. The van der Waals surface area contributed by atoms with Gasteiger partial charge in [-0.2, -0.15) is 9.98 Å². The lowest BCUT2D eigenvalue weighted by Gasteiger charge is -2.12. The monoisotopic (exact) mass is 1060 g/mol. The summed E-state index contributed by atoms with van der Waals surface area (Å²) in [6.45, 7) is 3.50. The van der Waals surface area contributed by atoms with Gasteiger partial charge in [0.25, 0.3) is 11.1 Å². The molecule has 0 unspecified atom stereocenters. The first-order valence-corrected chi connectivity index (χ1v) is 23.2. The van der Waals surface area contributed by atoms with Crippen LogP contribution in [0.15, 0.2) is 83.5 Å². The molecule has 1 aliphatic rings. The van der Waals surface area contributed by atoms with Gasteiger partial charge >= 0.3 is 30.1 Å². The van der Waals surface area contributed by atoms with Gasteiger partial charge in [-0.25, -0.2) is 19.6 Å². The van der Waals surface area contributed by atoms with Crippen molar-refractivity contribution in [3.8, 4) is 29.0 Å². The highest BCUT2D eigenvalue weighted by atomic mass is 35.5. The van der Waals surface area contributed by atoms with Crippen LogP contribution in [0.3, 0.4) is 0 Å². The van der Waals surface area contributed by atoms with Crippen molar-refractivity contribution in [1.29, 1.82) is 0 Å². The number of benzene rings is 2. The Bertz CT molecular complexity index is 3290. The number of imidazole rings is 1. The molecule has 0 fully saturated rings. The third-order valence-corrected chi connectivity index (χ3v) is 12.0. The number of hydrogen-bond acceptors (Lipinski definition) is 16. The van der Waals surface area contributed by atoms with Crippen molar-refractivity contribution in [3.05, 3.63) is 128 Å². The second-order valence-electron chi connectivity index (χ2n) is 15.0. The fourth-order valence-electron chi connectivity index (χ4n) is 6.70. The number of aromatic nitrogens is 8. The Hall–Kier alpha value is -6.81. The molecule has 28 heteroatoms. The fourth-order valence-corrected chi connectivity index (χ4v) is 8.33. The molecule has 1 aliphatic heterocycles. The predicted octanol–water partition coefficient (Wildman–Crippen LogP) is 6.47. The largest absolute Gasteiger partial charge is 0.573 e. The normalized spacial score (nSPS) is 12.2. The van der Waals surface area contributed by atoms with E-state index in [1.807, 2.05) is 17.7 Å². The van der Waals surface area contributed by atoms with Crippen LogP contribution in [0.2, 0.25) is 0 Å². The molecule has 2 aromatic carbocycles. The fraction of sp³-hybridized carbons (Fsp3) is 0.349. The van der Waals surface area contributed by atoms with E-state index in [-0.39, 0.29) is 98.1 Å². The molecule has 7 aromatic rings. The average Bonchev–Trinajstić information content (AvgIpc) is 4.11. The number of rotatable bonds is 14. The zero-order valence-electron chi connectivity index (χ0n) is 37.8. The molecule has 0 saturated carbocycles. The van der Waals surface area contributed by atoms with Gasteiger partial charge in [0.05, 0.1) is 24.4 Å². The minimum Gasteiger partial charge on any atom is -0.442 e. The van der Waals surface area contributed by atoms with Crippen molar-refractivity contribution >= 4 is 57.2 Å². The molecule has 2 N–H and O–H groups in total. The molecule has 0 amide bonds. The van der Waals surface area contributed by atoms with Crippen LogP contribution >= 0.6 is 34.3 Å². The summed E-state index contributed by atoms with van der Waals surface area (Å²) in [4.78, 5) is 67.8. The van der Waals surface area contributed by atoms with Gasteiger partial charge in [0.1, 0.15) is 38.8 Å². The van der Waals surface area contributed by atoms with E-state index in [2.05, 4.69) is 29.4 Å². The summed E-state index contributed by atoms with van der Waals surface area (Å²) in [5.41, 5.74) is -0.239. The molecule has 0 atom stereocenters. The molecule has 5 aromatic heterocycles. The van der Waals surface area contributed by atoms with Crippen molar-refractivity contribution < 1.29 is 55.5 Å². The average molecular weight is 1060 g/mol. The Morgan fingerprint density at radius 2 is 1.20 bits per heavy atom. The molecule has 19 nitrogen and oxygen atoms in total. The zero-order chi connectivity index (χ0) is 51.8. The van der Waals surface area contributed by atoms with E-state index in [0.717, 1.165) is 49.8 Å². The van der Waals surface area contributed by atoms with E-state index >= 15 is 0 Å². The van der Waals surface area contributed by atoms with Crippen molar-refractivity contribution in [1.82, 2.24) is 37.8 Å². The van der Waals surface area contributed by atoms with E-state index in [9.17, 15) is 45.5 Å². The number of aliphatic imine (C=N–C) groups is 1. The van der Waals surface area contributed by atoms with E-state index in [4.69, 9.17) is 31.3 Å². The van der Waals surface area contributed by atoms with Gasteiger partial charge in [-0.05, 0) is 51.0 Å². The minimum absolute atomic E-state index is 0.00744. The van der Waals surface area contributed by atoms with E-state index in [1.165, 1.54) is 63.4 Å². The second kappa shape index (κ2) is 23.0. The number of aryl methyl sites for hydroxylation is 3. The maximum Gasteiger partial charge on any atom is 0.573 e. The molecular weight excluding hydrogens is 1020 g/mol.